The van der Waals surface area contributed by atoms with Gasteiger partial charge in [-0.15, -0.1) is 10.2 Å². The molecule has 146 valence electrons. The van der Waals surface area contributed by atoms with Crippen LogP contribution >= 0.6 is 11.8 Å². The summed E-state index contributed by atoms with van der Waals surface area (Å²) in [7, 11) is 0. The van der Waals surface area contributed by atoms with Crippen molar-refractivity contribution in [3.05, 3.63) is 59.8 Å². The van der Waals surface area contributed by atoms with Crippen LogP contribution < -0.4 is 5.32 Å². The maximum atomic E-state index is 12.5. The summed E-state index contributed by atoms with van der Waals surface area (Å²) in [5.41, 5.74) is 2.01. The highest BCUT2D eigenvalue weighted by molar-refractivity contribution is 7.99. The van der Waals surface area contributed by atoms with E-state index in [2.05, 4.69) is 40.0 Å². The molecule has 1 saturated carbocycles. The Morgan fingerprint density at radius 1 is 1.25 bits per heavy atom. The van der Waals surface area contributed by atoms with Gasteiger partial charge in [-0.3, -0.25) is 9.36 Å². The van der Waals surface area contributed by atoms with E-state index >= 15 is 0 Å². The molecule has 0 saturated heterocycles. The second-order valence-corrected chi connectivity index (χ2v) is 8.30. The van der Waals surface area contributed by atoms with Gasteiger partial charge in [0.2, 0.25) is 5.91 Å². The van der Waals surface area contributed by atoms with Crippen molar-refractivity contribution in [1.29, 1.82) is 0 Å². The zero-order valence-corrected chi connectivity index (χ0v) is 16.9. The summed E-state index contributed by atoms with van der Waals surface area (Å²) in [6.07, 6.45) is 3.96. The van der Waals surface area contributed by atoms with Crippen LogP contribution in [-0.4, -0.2) is 26.4 Å². The van der Waals surface area contributed by atoms with Gasteiger partial charge in [0.25, 0.3) is 0 Å². The standard InChI is InChI=1S/C21H24N4O2S/c1-14(2)17-7-3-4-8-18(17)22-19(26)13-28-21-24-23-20(15-9-10-15)25(21)12-16-6-5-11-27-16/h3-8,11,14-15H,9-10,12-13H2,1-2H3,(H,22,26). The van der Waals surface area contributed by atoms with Crippen molar-refractivity contribution >= 4 is 23.4 Å². The second kappa shape index (κ2) is 8.22. The van der Waals surface area contributed by atoms with Gasteiger partial charge < -0.3 is 9.73 Å². The minimum Gasteiger partial charge on any atom is -0.467 e. The van der Waals surface area contributed by atoms with Crippen LogP contribution in [0.5, 0.6) is 0 Å². The van der Waals surface area contributed by atoms with Gasteiger partial charge in [-0.25, -0.2) is 0 Å². The minimum atomic E-state index is -0.0429. The lowest BCUT2D eigenvalue weighted by Gasteiger charge is -2.13. The van der Waals surface area contributed by atoms with Crippen LogP contribution in [-0.2, 0) is 11.3 Å². The van der Waals surface area contributed by atoms with Crippen molar-refractivity contribution < 1.29 is 9.21 Å². The Morgan fingerprint density at radius 2 is 2.07 bits per heavy atom. The van der Waals surface area contributed by atoms with Gasteiger partial charge in [0.05, 0.1) is 18.6 Å². The summed E-state index contributed by atoms with van der Waals surface area (Å²) in [6, 6.07) is 11.8. The quantitative estimate of drug-likeness (QED) is 0.561. The number of benzene rings is 1. The average Bonchev–Trinajstić information content (AvgIpc) is 3.24. The molecule has 2 heterocycles. The third-order valence-electron chi connectivity index (χ3n) is 4.77. The first-order valence-corrected chi connectivity index (χ1v) is 10.6. The Morgan fingerprint density at radius 3 is 2.79 bits per heavy atom. The molecular formula is C21H24N4O2S. The molecule has 0 aliphatic heterocycles. The molecule has 0 bridgehead atoms. The van der Waals surface area contributed by atoms with Crippen LogP contribution in [0.3, 0.4) is 0 Å². The van der Waals surface area contributed by atoms with Crippen molar-refractivity contribution in [1.82, 2.24) is 14.8 Å². The molecule has 7 heteroatoms. The molecule has 0 radical (unpaired) electrons. The van der Waals surface area contributed by atoms with Gasteiger partial charge in [-0.2, -0.15) is 0 Å². The van der Waals surface area contributed by atoms with Gasteiger partial charge in [0.1, 0.15) is 11.6 Å². The van der Waals surface area contributed by atoms with E-state index in [1.54, 1.807) is 6.26 Å². The number of nitrogens with zero attached hydrogens (tertiary/aromatic N) is 3. The number of amides is 1. The number of carbonyl (C=O) groups excluding carboxylic acids is 1. The van der Waals surface area contributed by atoms with Crippen LogP contribution in [0.25, 0.3) is 0 Å². The van der Waals surface area contributed by atoms with Crippen LogP contribution in [0.2, 0.25) is 0 Å². The molecule has 3 aromatic rings. The first kappa shape index (κ1) is 18.8. The fourth-order valence-electron chi connectivity index (χ4n) is 3.19. The Kier molecular flexibility index (Phi) is 5.52. The average molecular weight is 397 g/mol. The van der Waals surface area contributed by atoms with Crippen molar-refractivity contribution in [2.24, 2.45) is 0 Å². The van der Waals surface area contributed by atoms with Crippen LogP contribution in [0.1, 0.15) is 55.7 Å². The maximum Gasteiger partial charge on any atom is 0.234 e. The number of hydrogen-bond acceptors (Lipinski definition) is 5. The van der Waals surface area contributed by atoms with E-state index in [0.717, 1.165) is 40.8 Å². The van der Waals surface area contributed by atoms with Crippen molar-refractivity contribution in [2.45, 2.75) is 50.2 Å². The molecule has 0 atom stereocenters. The zero-order chi connectivity index (χ0) is 19.5. The van der Waals surface area contributed by atoms with Gasteiger partial charge in [-0.1, -0.05) is 43.8 Å². The smallest absolute Gasteiger partial charge is 0.234 e. The Hall–Kier alpha value is -2.54. The normalized spacial score (nSPS) is 13.8. The number of para-hydroxylation sites is 1. The van der Waals surface area contributed by atoms with Gasteiger partial charge in [0.15, 0.2) is 5.16 Å². The lowest BCUT2D eigenvalue weighted by atomic mass is 10.0. The molecule has 2 aromatic heterocycles. The van der Waals surface area contributed by atoms with Crippen LogP contribution in [0.15, 0.2) is 52.2 Å². The number of hydrogen-bond donors (Lipinski definition) is 1. The molecule has 0 spiro atoms. The molecule has 1 fully saturated rings. The minimum absolute atomic E-state index is 0.0429. The second-order valence-electron chi connectivity index (χ2n) is 7.36. The molecular weight excluding hydrogens is 372 g/mol. The van der Waals surface area contributed by atoms with Crippen LogP contribution in [0.4, 0.5) is 5.69 Å². The van der Waals surface area contributed by atoms with E-state index in [1.165, 1.54) is 11.8 Å². The summed E-state index contributed by atoms with van der Waals surface area (Å²) in [4.78, 5) is 12.5. The van der Waals surface area contributed by atoms with E-state index in [1.807, 2.05) is 30.3 Å². The SMILES string of the molecule is CC(C)c1ccccc1NC(=O)CSc1nnc(C2CC2)n1Cc1ccco1. The van der Waals surface area contributed by atoms with E-state index in [0.29, 0.717) is 18.4 Å². The molecule has 28 heavy (non-hydrogen) atoms. The molecule has 1 aromatic carbocycles. The van der Waals surface area contributed by atoms with Crippen molar-refractivity contribution in [2.75, 3.05) is 11.1 Å². The van der Waals surface area contributed by atoms with E-state index < -0.39 is 0 Å². The summed E-state index contributed by atoms with van der Waals surface area (Å²) >= 11 is 1.41. The van der Waals surface area contributed by atoms with E-state index in [9.17, 15) is 4.79 Å². The molecule has 1 aliphatic carbocycles. The molecule has 1 amide bonds. The predicted octanol–water partition coefficient (Wildman–Crippen LogP) is 4.65. The number of furan rings is 1. The van der Waals surface area contributed by atoms with Crippen LogP contribution in [0, 0.1) is 0 Å². The van der Waals surface area contributed by atoms with Gasteiger partial charge in [-0.05, 0) is 42.5 Å². The summed E-state index contributed by atoms with van der Waals surface area (Å²) in [5.74, 6) is 2.92. The maximum absolute atomic E-state index is 12.5. The monoisotopic (exact) mass is 396 g/mol. The number of aromatic nitrogens is 3. The van der Waals surface area contributed by atoms with Crippen molar-refractivity contribution in [3.63, 3.8) is 0 Å². The number of carbonyl (C=O) groups is 1. The molecule has 6 nitrogen and oxygen atoms in total. The lowest BCUT2D eigenvalue weighted by Crippen LogP contribution is -2.16. The Balaban J connectivity index is 1.44. The third-order valence-corrected chi connectivity index (χ3v) is 5.74. The number of nitrogens with one attached hydrogen (secondary N) is 1. The fourth-order valence-corrected chi connectivity index (χ4v) is 3.93. The van der Waals surface area contributed by atoms with Gasteiger partial charge >= 0.3 is 0 Å². The fraction of sp³-hybridized carbons (Fsp3) is 0.381. The highest BCUT2D eigenvalue weighted by Crippen LogP contribution is 2.40. The topological polar surface area (TPSA) is 73.0 Å². The number of thioether (sulfide) groups is 1. The van der Waals surface area contributed by atoms with Crippen molar-refractivity contribution in [3.8, 4) is 0 Å². The summed E-state index contributed by atoms with van der Waals surface area (Å²) in [5, 5.41) is 12.5. The first-order chi connectivity index (χ1) is 13.6. The van der Waals surface area contributed by atoms with Gasteiger partial charge in [0, 0.05) is 11.6 Å². The molecule has 1 N–H and O–H groups in total. The highest BCUT2D eigenvalue weighted by Gasteiger charge is 2.30. The van der Waals surface area contributed by atoms with E-state index in [4.69, 9.17) is 4.42 Å². The molecule has 1 aliphatic rings. The zero-order valence-electron chi connectivity index (χ0n) is 16.1. The Bertz CT molecular complexity index is 945. The highest BCUT2D eigenvalue weighted by atomic mass is 32.2. The Labute approximate surface area is 168 Å². The third kappa shape index (κ3) is 4.30. The number of rotatable bonds is 8. The largest absolute Gasteiger partial charge is 0.467 e. The summed E-state index contributed by atoms with van der Waals surface area (Å²) in [6.45, 7) is 4.83. The summed E-state index contributed by atoms with van der Waals surface area (Å²) < 4.78 is 7.57. The molecule has 4 rings (SSSR count). The number of anilines is 1. The first-order valence-electron chi connectivity index (χ1n) is 9.59. The predicted molar refractivity (Wildman–Crippen MR) is 110 cm³/mol. The van der Waals surface area contributed by atoms with E-state index in [-0.39, 0.29) is 11.7 Å². The lowest BCUT2D eigenvalue weighted by molar-refractivity contribution is -0.113. The molecule has 0 unspecified atom stereocenters.